The van der Waals surface area contributed by atoms with E-state index in [2.05, 4.69) is 11.9 Å². The first-order valence-corrected chi connectivity index (χ1v) is 9.62. The molecule has 6 nitrogen and oxygen atoms in total. The second kappa shape index (κ2) is 7.35. The molecule has 0 saturated carbocycles. The number of carbonyl (C=O) groups excluding carboxylic acids is 1. The Morgan fingerprint density at radius 2 is 1.85 bits per heavy atom. The molecule has 3 aliphatic rings. The van der Waals surface area contributed by atoms with Gasteiger partial charge in [-0.25, -0.2) is 0 Å². The molecule has 2 saturated heterocycles. The van der Waals surface area contributed by atoms with E-state index in [4.69, 9.17) is 14.2 Å². The van der Waals surface area contributed by atoms with Gasteiger partial charge in [0, 0.05) is 19.2 Å². The summed E-state index contributed by atoms with van der Waals surface area (Å²) in [7, 11) is 2.20. The third-order valence-electron chi connectivity index (χ3n) is 6.15. The predicted molar refractivity (Wildman–Crippen MR) is 97.7 cm³/mol. The summed E-state index contributed by atoms with van der Waals surface area (Å²) in [5, 5.41) is 0. The zero-order valence-electron chi connectivity index (χ0n) is 15.5. The summed E-state index contributed by atoms with van der Waals surface area (Å²) in [4.78, 5) is 17.0. The molecule has 2 fully saturated rings. The fourth-order valence-corrected chi connectivity index (χ4v) is 4.30. The lowest BCUT2D eigenvalue weighted by atomic mass is 9.73. The topological polar surface area (TPSA) is 51.2 Å². The summed E-state index contributed by atoms with van der Waals surface area (Å²) in [5.74, 6) is 2.12. The molecule has 142 valence electrons. The number of nitrogens with zero attached hydrogens (tertiary/aromatic N) is 2. The number of likely N-dealkylation sites (tertiary alicyclic amines) is 2. The average molecular weight is 360 g/mol. The summed E-state index contributed by atoms with van der Waals surface area (Å²) in [6.07, 6.45) is 5.99. The lowest BCUT2D eigenvalue weighted by Gasteiger charge is -2.40. The summed E-state index contributed by atoms with van der Waals surface area (Å²) in [5.41, 5.74) is 0.444. The van der Waals surface area contributed by atoms with Crippen molar-refractivity contribution >= 4 is 5.91 Å². The van der Waals surface area contributed by atoms with E-state index in [1.807, 2.05) is 17.0 Å². The molecule has 0 atom stereocenters. The van der Waals surface area contributed by atoms with E-state index >= 15 is 0 Å². The molecule has 0 unspecified atom stereocenters. The highest BCUT2D eigenvalue weighted by atomic mass is 16.7. The van der Waals surface area contributed by atoms with Crippen molar-refractivity contribution < 1.29 is 19.0 Å². The molecule has 6 heteroatoms. The fraction of sp³-hybridized carbons (Fsp3) is 0.650. The molecule has 1 amide bonds. The number of carbonyl (C=O) groups is 1. The maximum Gasteiger partial charge on any atom is 0.260 e. The highest BCUT2D eigenvalue weighted by molar-refractivity contribution is 5.77. The van der Waals surface area contributed by atoms with Crippen LogP contribution in [0.25, 0.3) is 0 Å². The van der Waals surface area contributed by atoms with E-state index in [0.717, 1.165) is 31.7 Å². The van der Waals surface area contributed by atoms with Crippen LogP contribution >= 0.6 is 0 Å². The Kier molecular flexibility index (Phi) is 4.94. The SMILES string of the molecule is CN1CCC2(CCCN(C(=O)COc3ccc4c(c3)OCO4)CC2)CC1. The Hall–Kier alpha value is -1.95. The van der Waals surface area contributed by atoms with Crippen LogP contribution in [0.1, 0.15) is 32.1 Å². The Morgan fingerprint density at radius 1 is 1.08 bits per heavy atom. The lowest BCUT2D eigenvalue weighted by molar-refractivity contribution is -0.133. The number of hydrogen-bond donors (Lipinski definition) is 0. The minimum atomic E-state index is 0.0765. The highest BCUT2D eigenvalue weighted by Gasteiger charge is 2.36. The average Bonchev–Trinajstić information content (AvgIpc) is 3.02. The van der Waals surface area contributed by atoms with Crippen LogP contribution in [0.15, 0.2) is 18.2 Å². The van der Waals surface area contributed by atoms with Gasteiger partial charge in [0.2, 0.25) is 6.79 Å². The molecule has 26 heavy (non-hydrogen) atoms. The Morgan fingerprint density at radius 3 is 2.69 bits per heavy atom. The molecule has 3 heterocycles. The molecule has 3 aliphatic heterocycles. The van der Waals surface area contributed by atoms with E-state index in [0.29, 0.717) is 16.9 Å². The number of rotatable bonds is 3. The molecular formula is C20H28N2O4. The van der Waals surface area contributed by atoms with Crippen molar-refractivity contribution in [3.63, 3.8) is 0 Å². The third kappa shape index (κ3) is 3.75. The number of amides is 1. The normalized spacial score (nSPS) is 22.3. The van der Waals surface area contributed by atoms with Crippen molar-refractivity contribution in [1.82, 2.24) is 9.80 Å². The Balaban J connectivity index is 1.29. The van der Waals surface area contributed by atoms with Crippen molar-refractivity contribution in [3.05, 3.63) is 18.2 Å². The summed E-state index contributed by atoms with van der Waals surface area (Å²) in [6, 6.07) is 5.42. The molecule has 1 aromatic rings. The van der Waals surface area contributed by atoms with Gasteiger partial charge in [-0.05, 0) is 69.8 Å². The second-order valence-corrected chi connectivity index (χ2v) is 7.84. The molecule has 0 bridgehead atoms. The molecule has 0 radical (unpaired) electrons. The first kappa shape index (κ1) is 17.5. The number of piperidine rings is 1. The van der Waals surface area contributed by atoms with Gasteiger partial charge in [0.15, 0.2) is 18.1 Å². The number of fused-ring (bicyclic) bond motifs is 1. The van der Waals surface area contributed by atoms with Crippen LogP contribution in [-0.2, 0) is 4.79 Å². The summed E-state index contributed by atoms with van der Waals surface area (Å²) in [6.45, 7) is 4.38. The van der Waals surface area contributed by atoms with Crippen LogP contribution in [0.2, 0.25) is 0 Å². The van der Waals surface area contributed by atoms with E-state index < -0.39 is 0 Å². The number of ether oxygens (including phenoxy) is 3. The summed E-state index contributed by atoms with van der Waals surface area (Å²) >= 11 is 0. The van der Waals surface area contributed by atoms with Gasteiger partial charge in [0.25, 0.3) is 5.91 Å². The fourth-order valence-electron chi connectivity index (χ4n) is 4.30. The van der Waals surface area contributed by atoms with Crippen molar-refractivity contribution in [1.29, 1.82) is 0 Å². The van der Waals surface area contributed by atoms with Gasteiger partial charge < -0.3 is 24.0 Å². The van der Waals surface area contributed by atoms with Gasteiger partial charge in [-0.1, -0.05) is 0 Å². The van der Waals surface area contributed by atoms with Crippen LogP contribution in [0.3, 0.4) is 0 Å². The maximum absolute atomic E-state index is 12.6. The minimum Gasteiger partial charge on any atom is -0.484 e. The zero-order chi connectivity index (χ0) is 18.0. The first-order valence-electron chi connectivity index (χ1n) is 9.62. The van der Waals surface area contributed by atoms with Gasteiger partial charge in [0.05, 0.1) is 0 Å². The third-order valence-corrected chi connectivity index (χ3v) is 6.15. The maximum atomic E-state index is 12.6. The zero-order valence-corrected chi connectivity index (χ0v) is 15.5. The second-order valence-electron chi connectivity index (χ2n) is 7.84. The summed E-state index contributed by atoms with van der Waals surface area (Å²) < 4.78 is 16.3. The van der Waals surface area contributed by atoms with Gasteiger partial charge in [-0.15, -0.1) is 0 Å². The molecule has 1 aromatic carbocycles. The van der Waals surface area contributed by atoms with E-state index in [-0.39, 0.29) is 19.3 Å². The van der Waals surface area contributed by atoms with Crippen molar-refractivity contribution in [3.8, 4) is 17.2 Å². The van der Waals surface area contributed by atoms with E-state index in [9.17, 15) is 4.79 Å². The quantitative estimate of drug-likeness (QED) is 0.829. The van der Waals surface area contributed by atoms with E-state index in [1.54, 1.807) is 6.07 Å². The monoisotopic (exact) mass is 360 g/mol. The lowest BCUT2D eigenvalue weighted by Crippen LogP contribution is -2.39. The van der Waals surface area contributed by atoms with Crippen LogP contribution < -0.4 is 14.2 Å². The van der Waals surface area contributed by atoms with Crippen LogP contribution in [0.4, 0.5) is 0 Å². The van der Waals surface area contributed by atoms with Gasteiger partial charge >= 0.3 is 0 Å². The largest absolute Gasteiger partial charge is 0.484 e. The molecule has 0 aromatic heterocycles. The van der Waals surface area contributed by atoms with Crippen LogP contribution in [0, 0.1) is 5.41 Å². The van der Waals surface area contributed by atoms with Crippen LogP contribution in [-0.4, -0.2) is 62.3 Å². The van der Waals surface area contributed by atoms with Crippen molar-refractivity contribution in [2.75, 3.05) is 46.6 Å². The standard InChI is InChI=1S/C20H28N2O4/c1-21-10-6-20(7-11-21)5-2-9-22(12-8-20)19(23)14-24-16-3-4-17-18(13-16)26-15-25-17/h3-4,13H,2,5-12,14-15H2,1H3. The predicted octanol–water partition coefficient (Wildman–Crippen LogP) is 2.52. The molecule has 0 N–H and O–H groups in total. The smallest absolute Gasteiger partial charge is 0.260 e. The molecule has 0 aliphatic carbocycles. The minimum absolute atomic E-state index is 0.0765. The van der Waals surface area contributed by atoms with Gasteiger partial charge in [-0.3, -0.25) is 4.79 Å². The van der Waals surface area contributed by atoms with Crippen molar-refractivity contribution in [2.24, 2.45) is 5.41 Å². The van der Waals surface area contributed by atoms with Gasteiger partial charge in [0.1, 0.15) is 5.75 Å². The first-order chi connectivity index (χ1) is 12.6. The van der Waals surface area contributed by atoms with E-state index in [1.165, 1.54) is 32.4 Å². The molecule has 4 rings (SSSR count). The number of benzene rings is 1. The molecular weight excluding hydrogens is 332 g/mol. The van der Waals surface area contributed by atoms with Crippen molar-refractivity contribution in [2.45, 2.75) is 32.1 Å². The molecule has 1 spiro atoms. The highest BCUT2D eigenvalue weighted by Crippen LogP contribution is 2.41. The van der Waals surface area contributed by atoms with Gasteiger partial charge in [-0.2, -0.15) is 0 Å². The Labute approximate surface area is 155 Å². The van der Waals surface area contributed by atoms with Crippen LogP contribution in [0.5, 0.6) is 17.2 Å². The number of hydrogen-bond acceptors (Lipinski definition) is 5. The Bertz CT molecular complexity index is 655.